The zero-order valence-electron chi connectivity index (χ0n) is 15.0. The first-order valence-corrected chi connectivity index (χ1v) is 9.04. The first-order valence-electron chi connectivity index (χ1n) is 9.04. The van der Waals surface area contributed by atoms with E-state index in [0.717, 1.165) is 36.2 Å². The van der Waals surface area contributed by atoms with E-state index in [1.807, 2.05) is 17.0 Å². The van der Waals surface area contributed by atoms with Crippen LogP contribution in [0.3, 0.4) is 0 Å². The lowest BCUT2D eigenvalue weighted by Gasteiger charge is -2.25. The monoisotopic (exact) mass is 353 g/mol. The number of amides is 1. The van der Waals surface area contributed by atoms with Crippen molar-refractivity contribution >= 4 is 16.8 Å². The summed E-state index contributed by atoms with van der Waals surface area (Å²) in [5.74, 6) is 1.66. The Morgan fingerprint density at radius 2 is 2.27 bits per heavy atom. The van der Waals surface area contributed by atoms with Gasteiger partial charge in [0.25, 0.3) is 0 Å². The van der Waals surface area contributed by atoms with Crippen LogP contribution < -0.4 is 0 Å². The number of fused-ring (bicyclic) bond motifs is 2. The molecule has 0 radical (unpaired) electrons. The Hall–Kier alpha value is -2.60. The summed E-state index contributed by atoms with van der Waals surface area (Å²) >= 11 is 0. The van der Waals surface area contributed by atoms with Gasteiger partial charge in [-0.25, -0.2) is 4.98 Å². The van der Waals surface area contributed by atoms with E-state index in [9.17, 15) is 4.79 Å². The molecule has 0 unspecified atom stereocenters. The van der Waals surface area contributed by atoms with Gasteiger partial charge in [-0.3, -0.25) is 4.79 Å². The molecule has 1 aromatic carbocycles. The molecular weight excluding hydrogens is 330 g/mol. The van der Waals surface area contributed by atoms with Crippen molar-refractivity contribution in [1.29, 1.82) is 0 Å². The van der Waals surface area contributed by atoms with E-state index in [4.69, 9.17) is 9.15 Å². The lowest BCUT2D eigenvalue weighted by molar-refractivity contribution is -0.132. The molecule has 4 rings (SSSR count). The molecule has 0 fully saturated rings. The first-order chi connectivity index (χ1) is 12.7. The highest BCUT2D eigenvalue weighted by Crippen LogP contribution is 2.22. The van der Waals surface area contributed by atoms with E-state index in [0.29, 0.717) is 32.0 Å². The molecule has 0 aliphatic carbocycles. The summed E-state index contributed by atoms with van der Waals surface area (Å²) in [5.41, 5.74) is 3.29. The van der Waals surface area contributed by atoms with Gasteiger partial charge in [0.1, 0.15) is 18.1 Å². The van der Waals surface area contributed by atoms with Crippen molar-refractivity contribution in [2.24, 2.45) is 0 Å². The number of rotatable bonds is 6. The Kier molecular flexibility index (Phi) is 4.75. The quantitative estimate of drug-likeness (QED) is 0.739. The summed E-state index contributed by atoms with van der Waals surface area (Å²) in [7, 11) is 1.62. The maximum absolute atomic E-state index is 12.6. The molecule has 0 spiro atoms. The zero-order valence-corrected chi connectivity index (χ0v) is 15.0. The van der Waals surface area contributed by atoms with E-state index in [1.165, 1.54) is 10.9 Å². The van der Waals surface area contributed by atoms with E-state index in [2.05, 4.69) is 28.3 Å². The number of nitrogens with zero attached hydrogens (tertiary/aromatic N) is 2. The Balaban J connectivity index is 1.32. The molecule has 1 aliphatic heterocycles. The summed E-state index contributed by atoms with van der Waals surface area (Å²) in [6, 6.07) is 8.27. The smallest absolute Gasteiger partial charge is 0.222 e. The fourth-order valence-electron chi connectivity index (χ4n) is 3.58. The number of ether oxygens (including phenoxy) is 1. The molecule has 1 N–H and O–H groups in total. The number of hydrogen-bond acceptors (Lipinski definition) is 4. The van der Waals surface area contributed by atoms with Crippen LogP contribution in [-0.4, -0.2) is 34.4 Å². The highest BCUT2D eigenvalue weighted by Gasteiger charge is 2.25. The van der Waals surface area contributed by atoms with Crippen LogP contribution in [0.4, 0.5) is 0 Å². The predicted octanol–water partition coefficient (Wildman–Crippen LogP) is 3.21. The van der Waals surface area contributed by atoms with Crippen molar-refractivity contribution in [1.82, 2.24) is 14.9 Å². The lowest BCUT2D eigenvalue weighted by atomic mass is 10.1. The number of aromatic nitrogens is 2. The summed E-state index contributed by atoms with van der Waals surface area (Å²) in [5, 5.41) is 1.25. The van der Waals surface area contributed by atoms with E-state index >= 15 is 0 Å². The predicted molar refractivity (Wildman–Crippen MR) is 97.6 cm³/mol. The molecule has 26 heavy (non-hydrogen) atoms. The number of carbonyl (C=O) groups is 1. The molecule has 3 aromatic rings. The van der Waals surface area contributed by atoms with Gasteiger partial charge in [-0.15, -0.1) is 0 Å². The third-order valence-corrected chi connectivity index (χ3v) is 4.90. The number of nitrogens with one attached hydrogen (secondary N) is 1. The van der Waals surface area contributed by atoms with Crippen molar-refractivity contribution in [2.75, 3.05) is 13.7 Å². The fourth-order valence-corrected chi connectivity index (χ4v) is 3.58. The maximum Gasteiger partial charge on any atom is 0.222 e. The van der Waals surface area contributed by atoms with Gasteiger partial charge in [0.05, 0.1) is 6.54 Å². The van der Waals surface area contributed by atoms with E-state index in [1.54, 1.807) is 7.11 Å². The van der Waals surface area contributed by atoms with Crippen molar-refractivity contribution in [2.45, 2.75) is 38.8 Å². The van der Waals surface area contributed by atoms with E-state index in [-0.39, 0.29) is 5.91 Å². The molecule has 6 heteroatoms. The molecule has 3 heterocycles. The number of carbonyl (C=O) groups excluding carboxylic acids is 1. The van der Waals surface area contributed by atoms with Gasteiger partial charge in [0.2, 0.25) is 11.8 Å². The molecule has 0 atom stereocenters. The summed E-state index contributed by atoms with van der Waals surface area (Å²) in [6.45, 7) is 1.60. The van der Waals surface area contributed by atoms with Crippen molar-refractivity contribution in [3.8, 4) is 0 Å². The number of aryl methyl sites for hydroxylation is 1. The molecule has 6 nitrogen and oxygen atoms in total. The number of hydrogen-bond donors (Lipinski definition) is 1. The summed E-state index contributed by atoms with van der Waals surface area (Å²) in [6.07, 6.45) is 5.07. The third kappa shape index (κ3) is 3.37. The van der Waals surface area contributed by atoms with Crippen LogP contribution >= 0.6 is 0 Å². The van der Waals surface area contributed by atoms with Gasteiger partial charge in [0, 0.05) is 43.6 Å². The van der Waals surface area contributed by atoms with Crippen molar-refractivity contribution in [3.05, 3.63) is 53.4 Å². The first kappa shape index (κ1) is 16.8. The molecule has 2 aromatic heterocycles. The fraction of sp³-hybridized carbons (Fsp3) is 0.400. The van der Waals surface area contributed by atoms with Crippen LogP contribution in [0.15, 0.2) is 34.9 Å². The standard InChI is InChI=1S/C20H23N3O3/c1-25-13-19-22-17-12-23(10-9-18(17)26-19)20(24)8-4-5-14-11-21-16-7-3-2-6-15(14)16/h2-3,6-7,11,21H,4-5,8-10,12-13H2,1H3. The second kappa shape index (κ2) is 7.33. The highest BCUT2D eigenvalue weighted by molar-refractivity contribution is 5.83. The van der Waals surface area contributed by atoms with Gasteiger partial charge in [-0.2, -0.15) is 0 Å². The number of H-pyrrole nitrogens is 1. The van der Waals surface area contributed by atoms with E-state index < -0.39 is 0 Å². The number of aromatic amines is 1. The molecule has 0 bridgehead atoms. The SMILES string of the molecule is COCc1nc2c(o1)CCN(C(=O)CCCc1c[nH]c3ccccc13)C2. The van der Waals surface area contributed by atoms with Gasteiger partial charge in [-0.05, 0) is 24.5 Å². The largest absolute Gasteiger partial charge is 0.443 e. The average Bonchev–Trinajstić information content (AvgIpc) is 3.25. The van der Waals surface area contributed by atoms with Crippen molar-refractivity contribution in [3.63, 3.8) is 0 Å². The van der Waals surface area contributed by atoms with Crippen LogP contribution in [0.1, 0.15) is 35.7 Å². The lowest BCUT2D eigenvalue weighted by Crippen LogP contribution is -2.35. The summed E-state index contributed by atoms with van der Waals surface area (Å²) < 4.78 is 10.7. The zero-order chi connectivity index (χ0) is 17.9. The van der Waals surface area contributed by atoms with Gasteiger partial charge in [-0.1, -0.05) is 18.2 Å². The van der Waals surface area contributed by atoms with Gasteiger partial charge in [0.15, 0.2) is 0 Å². The van der Waals surface area contributed by atoms with Crippen LogP contribution in [0.5, 0.6) is 0 Å². The topological polar surface area (TPSA) is 71.4 Å². The molecule has 136 valence electrons. The number of methoxy groups -OCH3 is 1. The van der Waals surface area contributed by atoms with Crippen LogP contribution in [0.25, 0.3) is 10.9 Å². The Labute approximate surface area is 152 Å². The number of benzene rings is 1. The Bertz CT molecular complexity index is 912. The molecule has 0 saturated carbocycles. The Morgan fingerprint density at radius 1 is 1.38 bits per heavy atom. The molecule has 0 saturated heterocycles. The third-order valence-electron chi connectivity index (χ3n) is 4.90. The second-order valence-electron chi connectivity index (χ2n) is 6.69. The Morgan fingerprint density at radius 3 is 3.15 bits per heavy atom. The minimum atomic E-state index is 0.187. The second-order valence-corrected chi connectivity index (χ2v) is 6.69. The minimum absolute atomic E-state index is 0.187. The van der Waals surface area contributed by atoms with Crippen LogP contribution in [0, 0.1) is 0 Å². The number of para-hydroxylation sites is 1. The molecular formula is C20H23N3O3. The van der Waals surface area contributed by atoms with Crippen molar-refractivity contribution < 1.29 is 13.9 Å². The number of oxazole rings is 1. The van der Waals surface area contributed by atoms with Gasteiger partial charge >= 0.3 is 0 Å². The minimum Gasteiger partial charge on any atom is -0.443 e. The van der Waals surface area contributed by atoms with Crippen LogP contribution in [-0.2, 0) is 35.5 Å². The normalized spacial score (nSPS) is 14.0. The summed E-state index contributed by atoms with van der Waals surface area (Å²) in [4.78, 5) is 22.2. The average molecular weight is 353 g/mol. The highest BCUT2D eigenvalue weighted by atomic mass is 16.5. The molecule has 1 amide bonds. The molecule has 1 aliphatic rings. The van der Waals surface area contributed by atoms with Gasteiger partial charge < -0.3 is 19.0 Å². The maximum atomic E-state index is 12.6. The van der Waals surface area contributed by atoms with Crippen LogP contribution in [0.2, 0.25) is 0 Å².